The molecule has 0 aliphatic rings. The molecule has 1 rings (SSSR count). The van der Waals surface area contributed by atoms with E-state index >= 15 is 0 Å². The highest BCUT2D eigenvalue weighted by atomic mass is 19.1. The van der Waals surface area contributed by atoms with Crippen molar-refractivity contribution in [1.82, 2.24) is 5.32 Å². The molecule has 0 radical (unpaired) electrons. The smallest absolute Gasteiger partial charge is 0.240 e. The van der Waals surface area contributed by atoms with Gasteiger partial charge in [0.1, 0.15) is 17.7 Å². The van der Waals surface area contributed by atoms with Gasteiger partial charge in [-0.3, -0.25) is 9.59 Å². The Kier molecular flexibility index (Phi) is 5.85. The van der Waals surface area contributed by atoms with Gasteiger partial charge in [-0.2, -0.15) is 0 Å². The van der Waals surface area contributed by atoms with E-state index in [9.17, 15) is 18.4 Å². The fourth-order valence-electron chi connectivity index (χ4n) is 1.88. The van der Waals surface area contributed by atoms with Gasteiger partial charge in [-0.1, -0.05) is 13.0 Å². The van der Waals surface area contributed by atoms with Gasteiger partial charge >= 0.3 is 0 Å². The van der Waals surface area contributed by atoms with Crippen molar-refractivity contribution in [2.75, 3.05) is 0 Å². The van der Waals surface area contributed by atoms with E-state index in [1.807, 2.05) is 0 Å². The Balaban J connectivity index is 2.69. The summed E-state index contributed by atoms with van der Waals surface area (Å²) < 4.78 is 26.4. The van der Waals surface area contributed by atoms with Crippen LogP contribution in [0.15, 0.2) is 18.2 Å². The Morgan fingerprint density at radius 2 is 2.10 bits per heavy atom. The van der Waals surface area contributed by atoms with E-state index in [0.717, 1.165) is 12.1 Å². The van der Waals surface area contributed by atoms with E-state index < -0.39 is 35.4 Å². The zero-order chi connectivity index (χ0) is 16.0. The summed E-state index contributed by atoms with van der Waals surface area (Å²) in [6.07, 6.45) is 4.99. The summed E-state index contributed by atoms with van der Waals surface area (Å²) in [6, 6.07) is 2.22. The first-order valence-corrected chi connectivity index (χ1v) is 6.32. The lowest BCUT2D eigenvalue weighted by molar-refractivity contribution is -0.127. The van der Waals surface area contributed by atoms with Gasteiger partial charge < -0.3 is 11.1 Å². The normalized spacial score (nSPS) is 13.0. The number of benzene rings is 1. The minimum absolute atomic E-state index is 0.0135. The average Bonchev–Trinajstić information content (AvgIpc) is 2.37. The highest BCUT2D eigenvalue weighted by Gasteiger charge is 2.20. The summed E-state index contributed by atoms with van der Waals surface area (Å²) in [4.78, 5) is 22.9. The van der Waals surface area contributed by atoms with Crippen LogP contribution in [0.25, 0.3) is 0 Å². The van der Waals surface area contributed by atoms with Gasteiger partial charge in [0.05, 0.1) is 0 Å². The number of hydrogen-bond acceptors (Lipinski definition) is 2. The highest BCUT2D eigenvalue weighted by Crippen LogP contribution is 2.22. The fraction of sp³-hybridized carbons (Fsp3) is 0.333. The predicted octanol–water partition coefficient (Wildman–Crippen LogP) is 1.45. The molecule has 3 N–H and O–H groups in total. The van der Waals surface area contributed by atoms with Gasteiger partial charge in [-0.05, 0) is 17.5 Å². The van der Waals surface area contributed by atoms with Crippen LogP contribution in [-0.2, 0) is 9.59 Å². The fourth-order valence-corrected chi connectivity index (χ4v) is 1.88. The monoisotopic (exact) mass is 294 g/mol. The van der Waals surface area contributed by atoms with Crippen molar-refractivity contribution in [1.29, 1.82) is 0 Å². The molecule has 21 heavy (non-hydrogen) atoms. The van der Waals surface area contributed by atoms with E-state index in [1.165, 1.54) is 6.07 Å². The molecule has 0 aliphatic carbocycles. The van der Waals surface area contributed by atoms with Gasteiger partial charge in [0.15, 0.2) is 0 Å². The summed E-state index contributed by atoms with van der Waals surface area (Å²) in [5.41, 5.74) is 5.32. The minimum atomic E-state index is -0.951. The Bertz CT molecular complexity index is 582. The number of amides is 2. The highest BCUT2D eigenvalue weighted by molar-refractivity contribution is 5.87. The molecule has 0 heterocycles. The van der Waals surface area contributed by atoms with Gasteiger partial charge in [0, 0.05) is 18.9 Å². The van der Waals surface area contributed by atoms with Crippen molar-refractivity contribution >= 4 is 11.8 Å². The maximum absolute atomic E-state index is 13.6. The molecule has 0 spiro atoms. The van der Waals surface area contributed by atoms with Crippen LogP contribution in [0.4, 0.5) is 8.78 Å². The van der Waals surface area contributed by atoms with Crippen molar-refractivity contribution in [2.24, 2.45) is 5.73 Å². The molecule has 0 saturated carbocycles. The van der Waals surface area contributed by atoms with Crippen molar-refractivity contribution in [2.45, 2.75) is 31.7 Å². The van der Waals surface area contributed by atoms with Gasteiger partial charge in [-0.15, -0.1) is 12.3 Å². The van der Waals surface area contributed by atoms with Crippen LogP contribution in [-0.4, -0.2) is 17.9 Å². The van der Waals surface area contributed by atoms with Gasteiger partial charge in [0.25, 0.3) is 0 Å². The summed E-state index contributed by atoms with van der Waals surface area (Å²) in [6.45, 7) is 1.62. The zero-order valence-electron chi connectivity index (χ0n) is 11.5. The largest absolute Gasteiger partial charge is 0.368 e. The molecule has 112 valence electrons. The first kappa shape index (κ1) is 16.6. The number of halogens is 2. The zero-order valence-corrected chi connectivity index (χ0v) is 11.5. The molecular formula is C15H16F2N2O2. The van der Waals surface area contributed by atoms with Crippen LogP contribution in [0.2, 0.25) is 0 Å². The third-order valence-corrected chi connectivity index (χ3v) is 2.99. The van der Waals surface area contributed by atoms with Gasteiger partial charge in [-0.25, -0.2) is 8.78 Å². The number of rotatable bonds is 6. The van der Waals surface area contributed by atoms with Crippen molar-refractivity contribution in [3.8, 4) is 12.3 Å². The third kappa shape index (κ3) is 4.88. The second-order valence-corrected chi connectivity index (χ2v) is 4.70. The van der Waals surface area contributed by atoms with E-state index in [2.05, 4.69) is 11.2 Å². The SMILES string of the molecule is C#CC[C@@H](NC(=O)C[C@H](C)c1ccc(F)cc1F)C(N)=O. The Labute approximate surface area is 121 Å². The molecule has 6 heteroatoms. The molecule has 2 amide bonds. The Hall–Kier alpha value is -2.42. The number of carbonyl (C=O) groups excluding carboxylic acids is 2. The molecule has 0 saturated heterocycles. The van der Waals surface area contributed by atoms with Crippen molar-refractivity contribution in [3.05, 3.63) is 35.4 Å². The van der Waals surface area contributed by atoms with E-state index in [4.69, 9.17) is 12.2 Å². The Morgan fingerprint density at radius 3 is 2.62 bits per heavy atom. The molecule has 2 atom stereocenters. The Morgan fingerprint density at radius 1 is 1.43 bits per heavy atom. The number of primary amides is 1. The molecule has 0 aromatic heterocycles. The number of nitrogens with one attached hydrogen (secondary N) is 1. The number of hydrogen-bond donors (Lipinski definition) is 2. The van der Waals surface area contributed by atoms with E-state index in [0.29, 0.717) is 0 Å². The van der Waals surface area contributed by atoms with Crippen LogP contribution >= 0.6 is 0 Å². The number of nitrogens with two attached hydrogens (primary N) is 1. The topological polar surface area (TPSA) is 72.2 Å². The third-order valence-electron chi connectivity index (χ3n) is 2.99. The molecule has 0 fully saturated rings. The number of carbonyl (C=O) groups is 2. The van der Waals surface area contributed by atoms with E-state index in [1.54, 1.807) is 6.92 Å². The molecule has 1 aromatic rings. The van der Waals surface area contributed by atoms with Crippen LogP contribution in [0, 0.1) is 24.0 Å². The lowest BCUT2D eigenvalue weighted by Gasteiger charge is -2.16. The second kappa shape index (κ2) is 7.39. The summed E-state index contributed by atoms with van der Waals surface area (Å²) >= 11 is 0. The van der Waals surface area contributed by atoms with Crippen LogP contribution in [0.3, 0.4) is 0 Å². The molecule has 0 unspecified atom stereocenters. The standard InChI is InChI=1S/C15H16F2N2O2/c1-3-4-13(15(18)21)19-14(20)7-9(2)11-6-5-10(16)8-12(11)17/h1,5-6,8-9,13H,4,7H2,2H3,(H2,18,21)(H,19,20)/t9-,13+/m0/s1. The summed E-state index contributed by atoms with van der Waals surface area (Å²) in [5.74, 6) is -0.861. The molecule has 0 bridgehead atoms. The maximum Gasteiger partial charge on any atom is 0.240 e. The van der Waals surface area contributed by atoms with Crippen LogP contribution in [0.1, 0.15) is 31.2 Å². The summed E-state index contributed by atoms with van der Waals surface area (Å²) in [5, 5.41) is 2.40. The first-order valence-electron chi connectivity index (χ1n) is 6.32. The second-order valence-electron chi connectivity index (χ2n) is 4.70. The molecular weight excluding hydrogens is 278 g/mol. The lowest BCUT2D eigenvalue weighted by Crippen LogP contribution is -2.44. The maximum atomic E-state index is 13.6. The van der Waals surface area contributed by atoms with Crippen LogP contribution < -0.4 is 11.1 Å². The average molecular weight is 294 g/mol. The van der Waals surface area contributed by atoms with Gasteiger partial charge in [0.2, 0.25) is 11.8 Å². The lowest BCUT2D eigenvalue weighted by atomic mass is 9.96. The quantitative estimate of drug-likeness (QED) is 0.779. The van der Waals surface area contributed by atoms with Crippen LogP contribution in [0.5, 0.6) is 0 Å². The van der Waals surface area contributed by atoms with E-state index in [-0.39, 0.29) is 18.4 Å². The molecule has 0 aliphatic heterocycles. The molecule has 1 aromatic carbocycles. The van der Waals surface area contributed by atoms with Crippen molar-refractivity contribution in [3.63, 3.8) is 0 Å². The van der Waals surface area contributed by atoms with Crippen molar-refractivity contribution < 1.29 is 18.4 Å². The first-order chi connectivity index (χ1) is 9.85. The number of terminal acetylenes is 1. The summed E-state index contributed by atoms with van der Waals surface area (Å²) in [7, 11) is 0. The minimum Gasteiger partial charge on any atom is -0.368 e. The molecule has 4 nitrogen and oxygen atoms in total. The predicted molar refractivity (Wildman–Crippen MR) is 74.0 cm³/mol.